The van der Waals surface area contributed by atoms with E-state index in [9.17, 15) is 4.79 Å². The minimum Gasteiger partial charge on any atom is -0.480 e. The lowest BCUT2D eigenvalue weighted by atomic mass is 10.2. The Bertz CT molecular complexity index is 618. The maximum absolute atomic E-state index is 11.1. The molecule has 1 aromatic carbocycles. The second-order valence-corrected chi connectivity index (χ2v) is 5.16. The summed E-state index contributed by atoms with van der Waals surface area (Å²) in [5.41, 5.74) is 0.914. The van der Waals surface area contributed by atoms with E-state index in [-0.39, 0.29) is 18.4 Å². The molecule has 1 atom stereocenters. The van der Waals surface area contributed by atoms with Gasteiger partial charge in [0, 0.05) is 18.5 Å². The molecule has 1 aliphatic rings. The molecule has 1 aliphatic heterocycles. The molecular weight excluding hydrogens is 306 g/mol. The van der Waals surface area contributed by atoms with Gasteiger partial charge in [0.25, 0.3) is 0 Å². The number of hydrogen-bond donors (Lipinski definition) is 1. The van der Waals surface area contributed by atoms with E-state index in [1.165, 1.54) is 0 Å². The molecule has 3 rings (SSSR count). The highest BCUT2D eigenvalue weighted by Gasteiger charge is 2.30. The van der Waals surface area contributed by atoms with Crippen LogP contribution in [0.25, 0.3) is 11.4 Å². The van der Waals surface area contributed by atoms with Gasteiger partial charge in [-0.15, -0.1) is 12.4 Å². The highest BCUT2D eigenvalue weighted by molar-refractivity contribution is 5.85. The van der Waals surface area contributed by atoms with Gasteiger partial charge >= 0.3 is 5.97 Å². The Morgan fingerprint density at radius 2 is 2.14 bits per heavy atom. The smallest absolute Gasteiger partial charge is 0.320 e. The highest BCUT2D eigenvalue weighted by atomic mass is 35.5. The second-order valence-electron chi connectivity index (χ2n) is 5.16. The molecule has 0 aliphatic carbocycles. The number of nitrogens with zero attached hydrogens (tertiary/aromatic N) is 3. The summed E-state index contributed by atoms with van der Waals surface area (Å²) in [6.45, 7) is 1.45. The number of hydrogen-bond acceptors (Lipinski definition) is 5. The molecule has 6 nitrogen and oxygen atoms in total. The minimum atomic E-state index is -0.747. The molecule has 0 spiro atoms. The topological polar surface area (TPSA) is 79.5 Å². The van der Waals surface area contributed by atoms with Gasteiger partial charge in [-0.05, 0) is 19.4 Å². The Morgan fingerprint density at radius 3 is 2.86 bits per heavy atom. The molecule has 1 saturated heterocycles. The predicted octanol–water partition coefficient (Wildman–Crippen LogP) is 2.25. The van der Waals surface area contributed by atoms with Crippen molar-refractivity contribution in [2.24, 2.45) is 0 Å². The van der Waals surface area contributed by atoms with Crippen LogP contribution >= 0.6 is 12.4 Å². The SMILES string of the molecule is Cl.O=C(O)[C@H]1CCCN1CCc1nc(-c2ccccc2)no1. The van der Waals surface area contributed by atoms with Crippen molar-refractivity contribution in [1.29, 1.82) is 0 Å². The van der Waals surface area contributed by atoms with Crippen LogP contribution in [-0.4, -0.2) is 45.2 Å². The van der Waals surface area contributed by atoms with Gasteiger partial charge in [0.2, 0.25) is 11.7 Å². The van der Waals surface area contributed by atoms with Crippen LogP contribution in [0.3, 0.4) is 0 Å². The molecule has 118 valence electrons. The maximum atomic E-state index is 11.1. The van der Waals surface area contributed by atoms with Crippen molar-refractivity contribution in [3.05, 3.63) is 36.2 Å². The van der Waals surface area contributed by atoms with Crippen molar-refractivity contribution in [1.82, 2.24) is 15.0 Å². The molecule has 0 saturated carbocycles. The first-order chi connectivity index (χ1) is 10.2. The van der Waals surface area contributed by atoms with E-state index in [1.54, 1.807) is 0 Å². The lowest BCUT2D eigenvalue weighted by Gasteiger charge is -2.19. The molecule has 1 fully saturated rings. The fraction of sp³-hybridized carbons (Fsp3) is 0.400. The van der Waals surface area contributed by atoms with E-state index in [0.717, 1.165) is 18.5 Å². The summed E-state index contributed by atoms with van der Waals surface area (Å²) in [4.78, 5) is 17.4. The Hall–Kier alpha value is -1.92. The summed E-state index contributed by atoms with van der Waals surface area (Å²) in [5.74, 6) is 0.370. The van der Waals surface area contributed by atoms with Gasteiger partial charge in [-0.25, -0.2) is 0 Å². The molecule has 7 heteroatoms. The number of aliphatic carboxylic acids is 1. The van der Waals surface area contributed by atoms with E-state index < -0.39 is 5.97 Å². The minimum absolute atomic E-state index is 0. The number of aromatic nitrogens is 2. The molecular formula is C15H18ClN3O3. The molecule has 1 aromatic heterocycles. The van der Waals surface area contributed by atoms with E-state index in [4.69, 9.17) is 9.63 Å². The van der Waals surface area contributed by atoms with E-state index in [2.05, 4.69) is 10.1 Å². The highest BCUT2D eigenvalue weighted by Crippen LogP contribution is 2.19. The van der Waals surface area contributed by atoms with Gasteiger partial charge in [-0.1, -0.05) is 35.5 Å². The Labute approximate surface area is 134 Å². The van der Waals surface area contributed by atoms with Gasteiger partial charge in [-0.3, -0.25) is 9.69 Å². The number of likely N-dealkylation sites (tertiary alicyclic amines) is 1. The lowest BCUT2D eigenvalue weighted by Crippen LogP contribution is -2.37. The average molecular weight is 324 g/mol. The van der Waals surface area contributed by atoms with Crippen LogP contribution in [0.5, 0.6) is 0 Å². The van der Waals surface area contributed by atoms with Crippen molar-refractivity contribution in [3.63, 3.8) is 0 Å². The van der Waals surface area contributed by atoms with Gasteiger partial charge in [0.15, 0.2) is 0 Å². The zero-order valence-corrected chi connectivity index (χ0v) is 12.8. The summed E-state index contributed by atoms with van der Waals surface area (Å²) in [6.07, 6.45) is 2.22. The van der Waals surface area contributed by atoms with Crippen molar-refractivity contribution in [3.8, 4) is 11.4 Å². The molecule has 0 amide bonds. The Kier molecular flexibility index (Phi) is 5.51. The number of benzene rings is 1. The molecule has 2 aromatic rings. The van der Waals surface area contributed by atoms with Gasteiger partial charge in [0.1, 0.15) is 6.04 Å². The van der Waals surface area contributed by atoms with Gasteiger partial charge in [-0.2, -0.15) is 4.98 Å². The molecule has 2 heterocycles. The first-order valence-electron chi connectivity index (χ1n) is 7.09. The van der Waals surface area contributed by atoms with Crippen LogP contribution in [-0.2, 0) is 11.2 Å². The molecule has 0 bridgehead atoms. The third-order valence-corrected chi connectivity index (χ3v) is 3.76. The van der Waals surface area contributed by atoms with Crippen molar-refractivity contribution in [2.75, 3.05) is 13.1 Å². The fourth-order valence-electron chi connectivity index (χ4n) is 2.67. The normalized spacial score (nSPS) is 18.1. The first-order valence-corrected chi connectivity index (χ1v) is 7.09. The third kappa shape index (κ3) is 3.64. The zero-order chi connectivity index (χ0) is 14.7. The fourth-order valence-corrected chi connectivity index (χ4v) is 2.67. The number of carbonyl (C=O) groups is 1. The molecule has 22 heavy (non-hydrogen) atoms. The third-order valence-electron chi connectivity index (χ3n) is 3.76. The van der Waals surface area contributed by atoms with E-state index >= 15 is 0 Å². The second kappa shape index (κ2) is 7.38. The summed E-state index contributed by atoms with van der Waals surface area (Å²) >= 11 is 0. The molecule has 0 radical (unpaired) electrons. The van der Waals surface area contributed by atoms with E-state index in [1.807, 2.05) is 35.2 Å². The van der Waals surface area contributed by atoms with Crippen molar-refractivity contribution in [2.45, 2.75) is 25.3 Å². The summed E-state index contributed by atoms with van der Waals surface area (Å²) in [5, 5.41) is 13.1. The first kappa shape index (κ1) is 16.5. The van der Waals surface area contributed by atoms with E-state index in [0.29, 0.717) is 31.1 Å². The van der Waals surface area contributed by atoms with Gasteiger partial charge in [0.05, 0.1) is 0 Å². The van der Waals surface area contributed by atoms with Crippen LogP contribution in [0.4, 0.5) is 0 Å². The predicted molar refractivity (Wildman–Crippen MR) is 82.9 cm³/mol. The van der Waals surface area contributed by atoms with Crippen LogP contribution in [0.15, 0.2) is 34.9 Å². The number of carboxylic acids is 1. The van der Waals surface area contributed by atoms with Crippen LogP contribution in [0.1, 0.15) is 18.7 Å². The Morgan fingerprint density at radius 1 is 1.36 bits per heavy atom. The quantitative estimate of drug-likeness (QED) is 0.909. The summed E-state index contributed by atoms with van der Waals surface area (Å²) in [6, 6.07) is 9.26. The van der Waals surface area contributed by atoms with Crippen LogP contribution in [0.2, 0.25) is 0 Å². The number of carboxylic acid groups (broad SMARTS) is 1. The monoisotopic (exact) mass is 323 g/mol. The largest absolute Gasteiger partial charge is 0.480 e. The van der Waals surface area contributed by atoms with Crippen LogP contribution < -0.4 is 0 Å². The maximum Gasteiger partial charge on any atom is 0.320 e. The number of rotatable bonds is 5. The average Bonchev–Trinajstić information content (AvgIpc) is 3.15. The zero-order valence-electron chi connectivity index (χ0n) is 12.0. The summed E-state index contributed by atoms with van der Waals surface area (Å²) in [7, 11) is 0. The molecule has 0 unspecified atom stereocenters. The van der Waals surface area contributed by atoms with Crippen LogP contribution in [0, 0.1) is 0 Å². The van der Waals surface area contributed by atoms with Gasteiger partial charge < -0.3 is 9.63 Å². The summed E-state index contributed by atoms with van der Waals surface area (Å²) < 4.78 is 5.24. The van der Waals surface area contributed by atoms with Crippen molar-refractivity contribution < 1.29 is 14.4 Å². The molecule has 1 N–H and O–H groups in total. The Balaban J connectivity index is 0.00000176. The lowest BCUT2D eigenvalue weighted by molar-refractivity contribution is -0.142. The number of halogens is 1. The standard InChI is InChI=1S/C15H17N3O3.ClH/c19-15(20)12-7-4-9-18(12)10-8-13-16-14(17-21-13)11-5-2-1-3-6-11;/h1-3,5-6,12H,4,7-10H2,(H,19,20);1H/t12-;/m1./s1. The van der Waals surface area contributed by atoms with Crippen molar-refractivity contribution >= 4 is 18.4 Å².